The highest BCUT2D eigenvalue weighted by atomic mass is 16.2. The summed E-state index contributed by atoms with van der Waals surface area (Å²) in [6.07, 6.45) is 3.73. The second-order valence-electron chi connectivity index (χ2n) is 7.19. The van der Waals surface area contributed by atoms with Crippen LogP contribution in [0.3, 0.4) is 0 Å². The second kappa shape index (κ2) is 9.50. The predicted octanol–water partition coefficient (Wildman–Crippen LogP) is 0.854. The molecule has 1 aliphatic heterocycles. The van der Waals surface area contributed by atoms with Gasteiger partial charge in [-0.3, -0.25) is 19.2 Å². The van der Waals surface area contributed by atoms with Crippen LogP contribution in [0.25, 0.3) is 0 Å². The Morgan fingerprint density at radius 2 is 1.93 bits per heavy atom. The fourth-order valence-corrected chi connectivity index (χ4v) is 3.69. The van der Waals surface area contributed by atoms with Crippen LogP contribution in [0, 0.1) is 0 Å². The molecule has 1 aromatic heterocycles. The lowest BCUT2D eigenvalue weighted by atomic mass is 10.1. The van der Waals surface area contributed by atoms with E-state index in [0.29, 0.717) is 32.5 Å². The summed E-state index contributed by atoms with van der Waals surface area (Å²) in [5.74, 6) is 0.0648. The first-order valence-electron chi connectivity index (χ1n) is 9.82. The fraction of sp³-hybridized carbons (Fsp3) is 0.476. The van der Waals surface area contributed by atoms with E-state index in [1.807, 2.05) is 36.2 Å². The van der Waals surface area contributed by atoms with Crippen LogP contribution in [-0.2, 0) is 29.5 Å². The van der Waals surface area contributed by atoms with E-state index in [0.717, 1.165) is 18.7 Å². The molecule has 1 aromatic carbocycles. The lowest BCUT2D eigenvalue weighted by Gasteiger charge is -2.40. The van der Waals surface area contributed by atoms with E-state index in [1.165, 1.54) is 5.56 Å². The number of piperazine rings is 1. The molecular weight excluding hydrogens is 354 g/mol. The Bertz CT molecular complexity index is 789. The fourth-order valence-electron chi connectivity index (χ4n) is 3.69. The summed E-state index contributed by atoms with van der Waals surface area (Å²) < 4.78 is 1.79. The van der Waals surface area contributed by atoms with Crippen molar-refractivity contribution in [2.24, 2.45) is 7.05 Å². The van der Waals surface area contributed by atoms with Crippen molar-refractivity contribution in [3.63, 3.8) is 0 Å². The number of aryl methyl sites for hydroxylation is 2. The van der Waals surface area contributed by atoms with Gasteiger partial charge in [0.05, 0.1) is 0 Å². The van der Waals surface area contributed by atoms with Crippen molar-refractivity contribution in [2.75, 3.05) is 33.2 Å². The van der Waals surface area contributed by atoms with Crippen LogP contribution >= 0.6 is 0 Å². The molecule has 150 valence electrons. The molecule has 0 saturated carbocycles. The molecule has 1 unspecified atom stereocenters. The van der Waals surface area contributed by atoms with Gasteiger partial charge in [-0.05, 0) is 24.5 Å². The SMILES string of the molecule is CNC(=O)C1CN(C(=O)CCc2ccnn2C)CCN1CCc1ccccc1. The first-order valence-corrected chi connectivity index (χ1v) is 9.82. The number of nitrogens with one attached hydrogen (secondary N) is 1. The number of rotatable bonds is 7. The molecule has 28 heavy (non-hydrogen) atoms. The van der Waals surface area contributed by atoms with Gasteiger partial charge in [0.2, 0.25) is 11.8 Å². The van der Waals surface area contributed by atoms with E-state index in [1.54, 1.807) is 17.9 Å². The molecule has 2 amide bonds. The molecule has 7 nitrogen and oxygen atoms in total. The molecule has 1 fully saturated rings. The number of aromatic nitrogens is 2. The molecule has 0 bridgehead atoms. The third-order valence-electron chi connectivity index (χ3n) is 5.44. The minimum Gasteiger partial charge on any atom is -0.358 e. The molecule has 7 heteroatoms. The molecule has 1 saturated heterocycles. The number of carbonyl (C=O) groups excluding carboxylic acids is 2. The zero-order valence-corrected chi connectivity index (χ0v) is 16.7. The van der Waals surface area contributed by atoms with E-state index in [9.17, 15) is 9.59 Å². The minimum absolute atomic E-state index is 0.0304. The van der Waals surface area contributed by atoms with Gasteiger partial charge < -0.3 is 10.2 Å². The van der Waals surface area contributed by atoms with Crippen LogP contribution in [0.1, 0.15) is 17.7 Å². The van der Waals surface area contributed by atoms with E-state index in [4.69, 9.17) is 0 Å². The molecule has 1 aliphatic rings. The molecule has 1 atom stereocenters. The topological polar surface area (TPSA) is 70.5 Å². The summed E-state index contributed by atoms with van der Waals surface area (Å²) in [6.45, 7) is 2.62. The highest BCUT2D eigenvalue weighted by molar-refractivity contribution is 5.83. The van der Waals surface area contributed by atoms with E-state index >= 15 is 0 Å². The van der Waals surface area contributed by atoms with Gasteiger partial charge in [-0.2, -0.15) is 5.10 Å². The third-order valence-corrected chi connectivity index (χ3v) is 5.44. The van der Waals surface area contributed by atoms with Gasteiger partial charge in [-0.15, -0.1) is 0 Å². The Morgan fingerprint density at radius 1 is 1.14 bits per heavy atom. The van der Waals surface area contributed by atoms with Gasteiger partial charge in [0.1, 0.15) is 6.04 Å². The minimum atomic E-state index is -0.303. The standard InChI is InChI=1S/C21H29N5O2/c1-22-21(28)19-16-26(20(27)9-8-18-10-12-23-24(18)2)15-14-25(19)13-11-17-6-4-3-5-7-17/h3-7,10,12,19H,8-9,11,13-16H2,1-2H3,(H,22,28). The van der Waals surface area contributed by atoms with Gasteiger partial charge in [-0.25, -0.2) is 0 Å². The van der Waals surface area contributed by atoms with Gasteiger partial charge in [0, 0.05) is 58.6 Å². The third kappa shape index (κ3) is 4.98. The average Bonchev–Trinajstić information content (AvgIpc) is 3.15. The quantitative estimate of drug-likeness (QED) is 0.770. The maximum Gasteiger partial charge on any atom is 0.238 e. The molecule has 3 rings (SSSR count). The van der Waals surface area contributed by atoms with Crippen LogP contribution in [-0.4, -0.2) is 70.7 Å². The zero-order chi connectivity index (χ0) is 19.9. The number of hydrogen-bond donors (Lipinski definition) is 1. The van der Waals surface area contributed by atoms with Gasteiger partial charge in [-0.1, -0.05) is 30.3 Å². The molecule has 2 aromatic rings. The summed E-state index contributed by atoms with van der Waals surface area (Å²) in [5, 5.41) is 6.89. The number of amides is 2. The number of nitrogens with zero attached hydrogens (tertiary/aromatic N) is 4. The highest BCUT2D eigenvalue weighted by Gasteiger charge is 2.33. The van der Waals surface area contributed by atoms with Crippen molar-refractivity contribution in [3.05, 3.63) is 53.9 Å². The highest BCUT2D eigenvalue weighted by Crippen LogP contribution is 2.14. The van der Waals surface area contributed by atoms with Crippen LogP contribution in [0.15, 0.2) is 42.6 Å². The van der Waals surface area contributed by atoms with E-state index in [2.05, 4.69) is 27.4 Å². The summed E-state index contributed by atoms with van der Waals surface area (Å²) in [5.41, 5.74) is 2.30. The Labute approximate surface area is 166 Å². The van der Waals surface area contributed by atoms with Crippen LogP contribution in [0.5, 0.6) is 0 Å². The Balaban J connectivity index is 1.57. The van der Waals surface area contributed by atoms with Gasteiger partial charge in [0.25, 0.3) is 0 Å². The molecule has 2 heterocycles. The van der Waals surface area contributed by atoms with Crippen LogP contribution in [0.2, 0.25) is 0 Å². The van der Waals surface area contributed by atoms with Crippen LogP contribution in [0.4, 0.5) is 0 Å². The lowest BCUT2D eigenvalue weighted by Crippen LogP contribution is -2.60. The monoisotopic (exact) mass is 383 g/mol. The Morgan fingerprint density at radius 3 is 2.61 bits per heavy atom. The number of carbonyl (C=O) groups is 2. The Kier molecular flexibility index (Phi) is 6.81. The molecule has 1 N–H and O–H groups in total. The maximum atomic E-state index is 12.7. The van der Waals surface area contributed by atoms with Crippen LogP contribution < -0.4 is 5.32 Å². The molecule has 0 radical (unpaired) electrons. The maximum absolute atomic E-state index is 12.7. The van der Waals surface area contributed by atoms with Crippen molar-refractivity contribution in [3.8, 4) is 0 Å². The number of likely N-dealkylation sites (N-methyl/N-ethyl adjacent to an activating group) is 1. The molecular formula is C21H29N5O2. The largest absolute Gasteiger partial charge is 0.358 e. The van der Waals surface area contributed by atoms with Crippen molar-refractivity contribution in [2.45, 2.75) is 25.3 Å². The van der Waals surface area contributed by atoms with Crippen molar-refractivity contribution in [1.82, 2.24) is 24.9 Å². The molecule has 0 aliphatic carbocycles. The van der Waals surface area contributed by atoms with Crippen molar-refractivity contribution in [1.29, 1.82) is 0 Å². The summed E-state index contributed by atoms with van der Waals surface area (Å²) >= 11 is 0. The zero-order valence-electron chi connectivity index (χ0n) is 16.7. The van der Waals surface area contributed by atoms with Gasteiger partial charge >= 0.3 is 0 Å². The average molecular weight is 383 g/mol. The van der Waals surface area contributed by atoms with Gasteiger partial charge in [0.15, 0.2) is 0 Å². The number of benzene rings is 1. The summed E-state index contributed by atoms with van der Waals surface area (Å²) in [6, 6.07) is 11.9. The smallest absolute Gasteiger partial charge is 0.238 e. The summed E-state index contributed by atoms with van der Waals surface area (Å²) in [7, 11) is 3.54. The van der Waals surface area contributed by atoms with E-state index < -0.39 is 0 Å². The van der Waals surface area contributed by atoms with E-state index in [-0.39, 0.29) is 17.9 Å². The lowest BCUT2D eigenvalue weighted by molar-refractivity contribution is -0.138. The summed E-state index contributed by atoms with van der Waals surface area (Å²) in [4.78, 5) is 29.2. The normalized spacial score (nSPS) is 17.5. The van der Waals surface area contributed by atoms with Crippen molar-refractivity contribution < 1.29 is 9.59 Å². The Hall–Kier alpha value is -2.67. The van der Waals surface area contributed by atoms with Crippen molar-refractivity contribution >= 4 is 11.8 Å². The first-order chi connectivity index (χ1) is 13.6. The predicted molar refractivity (Wildman–Crippen MR) is 108 cm³/mol. The molecule has 0 spiro atoms. The first kappa shape index (κ1) is 20.1. The second-order valence-corrected chi connectivity index (χ2v) is 7.19. The number of hydrogen-bond acceptors (Lipinski definition) is 4.